The summed E-state index contributed by atoms with van der Waals surface area (Å²) < 4.78 is 7.41. The second-order valence-electron chi connectivity index (χ2n) is 7.05. The molecule has 5 nitrogen and oxygen atoms in total. The maximum absolute atomic E-state index is 13.4. The number of thiazole rings is 1. The van der Waals surface area contributed by atoms with Crippen LogP contribution in [0.15, 0.2) is 18.2 Å². The molecule has 1 aromatic carbocycles. The lowest BCUT2D eigenvalue weighted by Crippen LogP contribution is -2.43. The van der Waals surface area contributed by atoms with Gasteiger partial charge in [0, 0.05) is 26.2 Å². The molecule has 0 unspecified atom stereocenters. The van der Waals surface area contributed by atoms with Crippen molar-refractivity contribution in [3.05, 3.63) is 43.6 Å². The normalized spacial score (nSPS) is 15.2. The molecule has 154 valence electrons. The molecule has 0 saturated carbocycles. The predicted octanol–water partition coefficient (Wildman–Crippen LogP) is 5.26. The number of ether oxygens (including phenoxy) is 1. The van der Waals surface area contributed by atoms with Crippen molar-refractivity contribution >= 4 is 67.1 Å². The number of aryl methyl sites for hydroxylation is 2. The Morgan fingerprint density at radius 1 is 1.17 bits per heavy atom. The highest BCUT2D eigenvalue weighted by Gasteiger charge is 2.26. The van der Waals surface area contributed by atoms with Gasteiger partial charge in [-0.25, -0.2) is 4.98 Å². The van der Waals surface area contributed by atoms with Gasteiger partial charge in [-0.3, -0.25) is 14.6 Å². The van der Waals surface area contributed by atoms with Crippen LogP contribution in [0.3, 0.4) is 0 Å². The van der Waals surface area contributed by atoms with Gasteiger partial charge in [0.1, 0.15) is 4.34 Å². The molecule has 0 N–H and O–H groups in total. The van der Waals surface area contributed by atoms with Crippen molar-refractivity contribution < 1.29 is 9.53 Å². The summed E-state index contributed by atoms with van der Waals surface area (Å²) in [4.78, 5) is 22.2. The molecular formula is C20H21Cl2N3O2S2. The SMILES string of the molecule is Cc1cc2nc(N(CCN3CCOCC3)C(=O)c3cc(Cl)sc3Cl)sc2cc1C. The van der Waals surface area contributed by atoms with E-state index in [0.29, 0.717) is 25.9 Å². The van der Waals surface area contributed by atoms with Crippen LogP contribution in [-0.2, 0) is 4.74 Å². The minimum atomic E-state index is -0.168. The maximum atomic E-state index is 13.4. The molecule has 2 aromatic heterocycles. The van der Waals surface area contributed by atoms with Crippen LogP contribution in [0.4, 0.5) is 5.13 Å². The fourth-order valence-corrected chi connectivity index (χ4v) is 5.78. The number of rotatable bonds is 5. The molecule has 0 spiro atoms. The van der Waals surface area contributed by atoms with Gasteiger partial charge in [0.2, 0.25) is 0 Å². The van der Waals surface area contributed by atoms with E-state index in [9.17, 15) is 4.79 Å². The van der Waals surface area contributed by atoms with Gasteiger partial charge in [0.25, 0.3) is 5.91 Å². The van der Waals surface area contributed by atoms with Crippen molar-refractivity contribution in [3.63, 3.8) is 0 Å². The van der Waals surface area contributed by atoms with E-state index >= 15 is 0 Å². The summed E-state index contributed by atoms with van der Waals surface area (Å²) in [6.07, 6.45) is 0. The van der Waals surface area contributed by atoms with E-state index in [-0.39, 0.29) is 5.91 Å². The Morgan fingerprint density at radius 3 is 2.59 bits per heavy atom. The smallest absolute Gasteiger partial charge is 0.262 e. The zero-order valence-corrected chi connectivity index (χ0v) is 19.4. The van der Waals surface area contributed by atoms with E-state index in [0.717, 1.165) is 43.1 Å². The second kappa shape index (κ2) is 8.88. The molecule has 1 aliphatic rings. The van der Waals surface area contributed by atoms with Crippen molar-refractivity contribution in [3.8, 4) is 0 Å². The molecule has 3 aromatic rings. The minimum absolute atomic E-state index is 0.168. The van der Waals surface area contributed by atoms with E-state index in [4.69, 9.17) is 32.9 Å². The molecule has 1 saturated heterocycles. The number of nitrogens with zero attached hydrogens (tertiary/aromatic N) is 3. The first-order chi connectivity index (χ1) is 13.9. The summed E-state index contributed by atoms with van der Waals surface area (Å²) in [5, 5.41) is 0.682. The first kappa shape index (κ1) is 21.0. The summed E-state index contributed by atoms with van der Waals surface area (Å²) >= 11 is 15.1. The number of hydrogen-bond acceptors (Lipinski definition) is 6. The van der Waals surface area contributed by atoms with Crippen LogP contribution in [0.1, 0.15) is 21.5 Å². The molecule has 4 rings (SSSR count). The summed E-state index contributed by atoms with van der Waals surface area (Å²) in [6, 6.07) is 5.84. The Morgan fingerprint density at radius 2 is 1.90 bits per heavy atom. The fraction of sp³-hybridized carbons (Fsp3) is 0.400. The summed E-state index contributed by atoms with van der Waals surface area (Å²) in [7, 11) is 0. The molecule has 0 aliphatic carbocycles. The van der Waals surface area contributed by atoms with E-state index < -0.39 is 0 Å². The second-order valence-corrected chi connectivity index (χ2v) is 10.3. The molecule has 1 fully saturated rings. The lowest BCUT2D eigenvalue weighted by Gasteiger charge is -2.29. The highest BCUT2D eigenvalue weighted by Crippen LogP contribution is 2.35. The maximum Gasteiger partial charge on any atom is 0.262 e. The largest absolute Gasteiger partial charge is 0.379 e. The lowest BCUT2D eigenvalue weighted by atomic mass is 10.1. The summed E-state index contributed by atoms with van der Waals surface area (Å²) in [5.74, 6) is -0.168. The summed E-state index contributed by atoms with van der Waals surface area (Å²) in [5.41, 5.74) is 3.74. The quantitative estimate of drug-likeness (QED) is 0.510. The number of carbonyl (C=O) groups is 1. The molecule has 0 bridgehead atoms. The standard InChI is InChI=1S/C20H21Cl2N3O2S2/c1-12-9-15-16(10-13(12)2)28-20(23-15)25(4-3-24-5-7-27-8-6-24)19(26)14-11-17(21)29-18(14)22/h9-11H,3-8H2,1-2H3. The number of morpholine rings is 1. The van der Waals surface area contributed by atoms with Gasteiger partial charge in [-0.1, -0.05) is 34.5 Å². The highest BCUT2D eigenvalue weighted by atomic mass is 35.5. The van der Waals surface area contributed by atoms with Gasteiger partial charge in [-0.05, 0) is 43.2 Å². The van der Waals surface area contributed by atoms with E-state index in [1.165, 1.54) is 33.8 Å². The topological polar surface area (TPSA) is 45.7 Å². The summed E-state index contributed by atoms with van der Waals surface area (Å²) in [6.45, 7) is 8.61. The van der Waals surface area contributed by atoms with Crippen LogP contribution < -0.4 is 4.90 Å². The number of anilines is 1. The Kier molecular flexibility index (Phi) is 6.44. The van der Waals surface area contributed by atoms with Gasteiger partial charge in [-0.2, -0.15) is 0 Å². The first-order valence-electron chi connectivity index (χ1n) is 9.37. The van der Waals surface area contributed by atoms with Gasteiger partial charge in [0.15, 0.2) is 5.13 Å². The predicted molar refractivity (Wildman–Crippen MR) is 122 cm³/mol. The van der Waals surface area contributed by atoms with Gasteiger partial charge < -0.3 is 4.74 Å². The van der Waals surface area contributed by atoms with E-state index in [1.54, 1.807) is 11.0 Å². The number of aromatic nitrogens is 1. The molecule has 1 aliphatic heterocycles. The highest BCUT2D eigenvalue weighted by molar-refractivity contribution is 7.22. The zero-order valence-electron chi connectivity index (χ0n) is 16.2. The molecule has 1 amide bonds. The van der Waals surface area contributed by atoms with E-state index in [1.807, 2.05) is 0 Å². The average Bonchev–Trinajstić information content (AvgIpc) is 3.25. The number of benzene rings is 1. The minimum Gasteiger partial charge on any atom is -0.379 e. The number of hydrogen-bond donors (Lipinski definition) is 0. The molecule has 29 heavy (non-hydrogen) atoms. The third-order valence-electron chi connectivity index (χ3n) is 5.10. The van der Waals surface area contributed by atoms with E-state index in [2.05, 4.69) is 30.9 Å². The Hall–Kier alpha value is -1.22. The van der Waals surface area contributed by atoms with Crippen molar-refractivity contribution in [2.24, 2.45) is 0 Å². The van der Waals surface area contributed by atoms with Crippen molar-refractivity contribution in [2.75, 3.05) is 44.3 Å². The van der Waals surface area contributed by atoms with Gasteiger partial charge in [-0.15, -0.1) is 11.3 Å². The van der Waals surface area contributed by atoms with Crippen molar-refractivity contribution in [1.29, 1.82) is 0 Å². The van der Waals surface area contributed by atoms with Crippen LogP contribution in [0.25, 0.3) is 10.2 Å². The lowest BCUT2D eigenvalue weighted by molar-refractivity contribution is 0.0391. The zero-order chi connectivity index (χ0) is 20.5. The number of halogens is 2. The van der Waals surface area contributed by atoms with Crippen LogP contribution in [-0.4, -0.2) is 55.2 Å². The molecular weight excluding hydrogens is 449 g/mol. The molecule has 0 atom stereocenters. The Balaban J connectivity index is 1.67. The average molecular weight is 470 g/mol. The third-order valence-corrected chi connectivity index (χ3v) is 7.63. The van der Waals surface area contributed by atoms with Crippen molar-refractivity contribution in [2.45, 2.75) is 13.8 Å². The fourth-order valence-electron chi connectivity index (χ4n) is 3.26. The van der Waals surface area contributed by atoms with Crippen molar-refractivity contribution in [1.82, 2.24) is 9.88 Å². The first-order valence-corrected chi connectivity index (χ1v) is 11.8. The Labute approximate surface area is 187 Å². The molecule has 9 heteroatoms. The van der Waals surface area contributed by atoms with Crippen LogP contribution in [0.2, 0.25) is 8.67 Å². The van der Waals surface area contributed by atoms with Crippen LogP contribution in [0, 0.1) is 13.8 Å². The van der Waals surface area contributed by atoms with Crippen LogP contribution >= 0.6 is 45.9 Å². The van der Waals surface area contributed by atoms with Gasteiger partial charge >= 0.3 is 0 Å². The number of thiophene rings is 1. The van der Waals surface area contributed by atoms with Gasteiger partial charge in [0.05, 0.1) is 33.3 Å². The monoisotopic (exact) mass is 469 g/mol. The number of fused-ring (bicyclic) bond motifs is 1. The third kappa shape index (κ3) is 4.60. The molecule has 3 heterocycles. The number of amides is 1. The molecule has 0 radical (unpaired) electrons. The Bertz CT molecular complexity index is 1000. The number of carbonyl (C=O) groups excluding carboxylic acids is 1. The van der Waals surface area contributed by atoms with Crippen LogP contribution in [0.5, 0.6) is 0 Å².